The summed E-state index contributed by atoms with van der Waals surface area (Å²) in [4.78, 5) is 13.4. The third kappa shape index (κ3) is 2.19. The van der Waals surface area contributed by atoms with E-state index in [0.717, 1.165) is 33.5 Å². The third-order valence-corrected chi connectivity index (χ3v) is 6.04. The molecular weight excluding hydrogens is 342 g/mol. The summed E-state index contributed by atoms with van der Waals surface area (Å²) < 4.78 is 3.12. The van der Waals surface area contributed by atoms with E-state index in [4.69, 9.17) is 0 Å². The Morgan fingerprint density at radius 2 is 2.04 bits per heavy atom. The smallest absolute Gasteiger partial charge is 0.137 e. The summed E-state index contributed by atoms with van der Waals surface area (Å²) >= 11 is 1.76. The van der Waals surface area contributed by atoms with Gasteiger partial charge in [0.1, 0.15) is 5.65 Å². The largest absolute Gasteiger partial charge is 0.345 e. The van der Waals surface area contributed by atoms with Gasteiger partial charge in [0, 0.05) is 64.5 Å². The molecule has 0 saturated heterocycles. The highest BCUT2D eigenvalue weighted by molar-refractivity contribution is 7.22. The fourth-order valence-electron chi connectivity index (χ4n) is 3.55. The Bertz CT molecular complexity index is 1240. The summed E-state index contributed by atoms with van der Waals surface area (Å²) in [6, 6.07) is 6.49. The molecule has 5 rings (SSSR count). The molecule has 0 atom stereocenters. The number of nitrogens with one attached hydrogen (secondary N) is 1. The molecule has 0 fully saturated rings. The van der Waals surface area contributed by atoms with Crippen LogP contribution < -0.4 is 0 Å². The average molecular weight is 359 g/mol. The molecule has 6 heteroatoms. The second kappa shape index (κ2) is 5.51. The monoisotopic (exact) mass is 359 g/mol. The number of H-pyrrole nitrogens is 1. The van der Waals surface area contributed by atoms with Gasteiger partial charge < -0.3 is 4.98 Å². The Labute approximate surface area is 154 Å². The average Bonchev–Trinajstić information content (AvgIpc) is 3.30. The van der Waals surface area contributed by atoms with Crippen LogP contribution >= 0.6 is 11.3 Å². The molecule has 5 aromatic rings. The molecule has 5 nitrogen and oxygen atoms in total. The molecule has 0 saturated carbocycles. The van der Waals surface area contributed by atoms with Gasteiger partial charge in [-0.25, -0.2) is 4.98 Å². The van der Waals surface area contributed by atoms with Gasteiger partial charge in [-0.1, -0.05) is 0 Å². The van der Waals surface area contributed by atoms with Crippen molar-refractivity contribution in [3.05, 3.63) is 54.4 Å². The van der Waals surface area contributed by atoms with Crippen LogP contribution in [-0.2, 0) is 7.05 Å². The number of pyridine rings is 2. The maximum Gasteiger partial charge on any atom is 0.137 e. The summed E-state index contributed by atoms with van der Waals surface area (Å²) in [5.74, 6) is 0. The van der Waals surface area contributed by atoms with Gasteiger partial charge in [-0.2, -0.15) is 5.10 Å². The first-order chi connectivity index (χ1) is 12.6. The molecule has 26 heavy (non-hydrogen) atoms. The maximum atomic E-state index is 4.65. The third-order valence-electron chi connectivity index (χ3n) is 4.92. The fraction of sp³-hybridized carbons (Fsp3) is 0.150. The van der Waals surface area contributed by atoms with Crippen molar-refractivity contribution in [2.75, 3.05) is 0 Å². The lowest BCUT2D eigenvalue weighted by molar-refractivity contribution is 0.731. The van der Waals surface area contributed by atoms with Crippen LogP contribution in [0, 0.1) is 13.8 Å². The van der Waals surface area contributed by atoms with Crippen LogP contribution in [0.3, 0.4) is 0 Å². The predicted octanol–water partition coefficient (Wildman–Crippen LogP) is 4.86. The molecule has 0 spiro atoms. The van der Waals surface area contributed by atoms with Crippen LogP contribution in [0.5, 0.6) is 0 Å². The number of aromatic amines is 1. The normalized spacial score (nSPS) is 11.7. The molecule has 0 bridgehead atoms. The first kappa shape index (κ1) is 15.3. The maximum absolute atomic E-state index is 4.65. The zero-order valence-corrected chi connectivity index (χ0v) is 15.6. The van der Waals surface area contributed by atoms with E-state index in [1.54, 1.807) is 11.3 Å². The predicted molar refractivity (Wildman–Crippen MR) is 106 cm³/mol. The van der Waals surface area contributed by atoms with E-state index in [2.05, 4.69) is 45.2 Å². The molecule has 5 aromatic heterocycles. The van der Waals surface area contributed by atoms with E-state index in [0.29, 0.717) is 0 Å². The van der Waals surface area contributed by atoms with Crippen molar-refractivity contribution in [3.8, 4) is 21.6 Å². The van der Waals surface area contributed by atoms with Gasteiger partial charge in [-0.3, -0.25) is 9.67 Å². The Kier molecular flexibility index (Phi) is 3.24. The van der Waals surface area contributed by atoms with E-state index in [1.165, 1.54) is 20.5 Å². The van der Waals surface area contributed by atoms with Gasteiger partial charge in [-0.15, -0.1) is 11.3 Å². The summed E-state index contributed by atoms with van der Waals surface area (Å²) in [7, 11) is 1.98. The van der Waals surface area contributed by atoms with Crippen LogP contribution in [0.2, 0.25) is 0 Å². The van der Waals surface area contributed by atoms with Crippen molar-refractivity contribution in [3.63, 3.8) is 0 Å². The molecule has 0 amide bonds. The number of hydrogen-bond acceptors (Lipinski definition) is 4. The van der Waals surface area contributed by atoms with E-state index >= 15 is 0 Å². The van der Waals surface area contributed by atoms with E-state index in [-0.39, 0.29) is 0 Å². The van der Waals surface area contributed by atoms with Crippen molar-refractivity contribution < 1.29 is 0 Å². The highest BCUT2D eigenvalue weighted by Gasteiger charge is 2.15. The van der Waals surface area contributed by atoms with Gasteiger partial charge in [0.2, 0.25) is 0 Å². The number of aromatic nitrogens is 5. The molecule has 1 N–H and O–H groups in total. The Morgan fingerprint density at radius 1 is 1.15 bits per heavy atom. The lowest BCUT2D eigenvalue weighted by Gasteiger charge is -2.03. The minimum atomic E-state index is 0.901. The molecule has 0 aliphatic rings. The highest BCUT2D eigenvalue weighted by Crippen LogP contribution is 2.38. The highest BCUT2D eigenvalue weighted by atomic mass is 32.1. The second-order valence-corrected chi connectivity index (χ2v) is 7.60. The van der Waals surface area contributed by atoms with Gasteiger partial charge in [0.15, 0.2) is 0 Å². The molecule has 0 aliphatic carbocycles. The minimum absolute atomic E-state index is 0.901. The van der Waals surface area contributed by atoms with Crippen LogP contribution in [-0.4, -0.2) is 24.7 Å². The Balaban J connectivity index is 1.72. The number of rotatable bonds is 2. The van der Waals surface area contributed by atoms with Crippen LogP contribution in [0.15, 0.2) is 43.0 Å². The first-order valence-corrected chi connectivity index (χ1v) is 9.25. The molecule has 0 aliphatic heterocycles. The number of fused-ring (bicyclic) bond motifs is 2. The number of hydrogen-bond donors (Lipinski definition) is 1. The lowest BCUT2D eigenvalue weighted by atomic mass is 10.0. The zero-order chi connectivity index (χ0) is 17.8. The fourth-order valence-corrected chi connectivity index (χ4v) is 4.61. The van der Waals surface area contributed by atoms with Crippen molar-refractivity contribution in [2.24, 2.45) is 7.05 Å². The molecule has 0 aromatic carbocycles. The summed E-state index contributed by atoms with van der Waals surface area (Å²) in [6.45, 7) is 4.14. The molecule has 128 valence electrons. The summed E-state index contributed by atoms with van der Waals surface area (Å²) in [6.07, 6.45) is 7.73. The Morgan fingerprint density at radius 3 is 2.81 bits per heavy atom. The van der Waals surface area contributed by atoms with Gasteiger partial charge >= 0.3 is 0 Å². The number of nitrogens with zero attached hydrogens (tertiary/aromatic N) is 4. The first-order valence-electron chi connectivity index (χ1n) is 8.43. The zero-order valence-electron chi connectivity index (χ0n) is 14.7. The topological polar surface area (TPSA) is 59.4 Å². The SMILES string of the molecule is Cc1nn(C)c(C)c1-c1cnc2[nH]cc(-c3cc4ccncc4s3)c2c1. The van der Waals surface area contributed by atoms with Crippen molar-refractivity contribution in [1.82, 2.24) is 24.7 Å². The van der Waals surface area contributed by atoms with Crippen molar-refractivity contribution in [2.45, 2.75) is 13.8 Å². The van der Waals surface area contributed by atoms with Crippen LogP contribution in [0.4, 0.5) is 0 Å². The van der Waals surface area contributed by atoms with Crippen LogP contribution in [0.25, 0.3) is 42.7 Å². The number of thiophene rings is 1. The summed E-state index contributed by atoms with van der Waals surface area (Å²) in [5, 5.41) is 6.89. The lowest BCUT2D eigenvalue weighted by Crippen LogP contribution is -1.92. The minimum Gasteiger partial charge on any atom is -0.345 e. The second-order valence-electron chi connectivity index (χ2n) is 6.52. The number of aryl methyl sites for hydroxylation is 2. The Hall–Kier alpha value is -2.99. The molecule has 5 heterocycles. The van der Waals surface area contributed by atoms with Crippen molar-refractivity contribution >= 4 is 32.5 Å². The molecule has 0 unspecified atom stereocenters. The molecular formula is C20H17N5S. The molecule has 0 radical (unpaired) electrons. The van der Waals surface area contributed by atoms with E-state index in [9.17, 15) is 0 Å². The summed E-state index contributed by atoms with van der Waals surface area (Å²) in [5.41, 5.74) is 6.51. The van der Waals surface area contributed by atoms with Crippen LogP contribution in [0.1, 0.15) is 11.4 Å². The van der Waals surface area contributed by atoms with Gasteiger partial charge in [-0.05, 0) is 37.4 Å². The van der Waals surface area contributed by atoms with E-state index in [1.807, 2.05) is 43.4 Å². The van der Waals surface area contributed by atoms with Gasteiger partial charge in [0.05, 0.1) is 10.4 Å². The standard InChI is InChI=1S/C20H17N5S/c1-11-19(12(2)25(3)24-11)14-6-15-16(9-23-20(15)22-8-14)17-7-13-4-5-21-10-18(13)26-17/h4-10H,1-3H3,(H,22,23). The quantitative estimate of drug-likeness (QED) is 0.490. The van der Waals surface area contributed by atoms with Crippen molar-refractivity contribution in [1.29, 1.82) is 0 Å². The van der Waals surface area contributed by atoms with E-state index < -0.39 is 0 Å². The van der Waals surface area contributed by atoms with Gasteiger partial charge in [0.25, 0.3) is 0 Å².